The van der Waals surface area contributed by atoms with Crippen LogP contribution in [-0.2, 0) is 0 Å². The Hall–Kier alpha value is -1.19. The van der Waals surface area contributed by atoms with Gasteiger partial charge in [0.25, 0.3) is 0 Å². The normalized spacial score (nSPS) is 15.8. The summed E-state index contributed by atoms with van der Waals surface area (Å²) in [5.41, 5.74) is 1.76. The second kappa shape index (κ2) is 5.63. The molecule has 1 aliphatic heterocycles. The summed E-state index contributed by atoms with van der Waals surface area (Å²) in [6.45, 7) is 5.08. The van der Waals surface area contributed by atoms with Crippen LogP contribution >= 0.6 is 11.6 Å². The van der Waals surface area contributed by atoms with Gasteiger partial charge < -0.3 is 14.6 Å². The van der Waals surface area contributed by atoms with E-state index in [9.17, 15) is 5.11 Å². The van der Waals surface area contributed by atoms with Crippen LogP contribution in [0.1, 0.15) is 31.9 Å². The highest BCUT2D eigenvalue weighted by atomic mass is 35.5. The highest BCUT2D eigenvalue weighted by molar-refractivity contribution is 6.32. The Morgan fingerprint density at radius 3 is 2.78 bits per heavy atom. The standard InChI is InChI=1S/C14H17ClO3/c1-9(2)6-12(16)10-7-11(15)14-13(8-10)17-4-3-5-18-14/h6-8,12,16H,3-5H2,1-2H3. The van der Waals surface area contributed by atoms with Crippen molar-refractivity contribution in [3.05, 3.63) is 34.4 Å². The maximum absolute atomic E-state index is 10.1. The van der Waals surface area contributed by atoms with Crippen LogP contribution in [0.25, 0.3) is 0 Å². The molecule has 0 saturated heterocycles. The first-order valence-corrected chi connectivity index (χ1v) is 6.38. The Bertz CT molecular complexity index is 464. The zero-order valence-corrected chi connectivity index (χ0v) is 11.3. The summed E-state index contributed by atoms with van der Waals surface area (Å²) in [5, 5.41) is 10.5. The number of aliphatic hydroxyl groups excluding tert-OH is 1. The third-order valence-electron chi connectivity index (χ3n) is 2.66. The smallest absolute Gasteiger partial charge is 0.179 e. The summed E-state index contributed by atoms with van der Waals surface area (Å²) in [6.07, 6.45) is 1.93. The fraction of sp³-hybridized carbons (Fsp3) is 0.429. The Kier molecular flexibility index (Phi) is 4.15. The molecule has 3 nitrogen and oxygen atoms in total. The number of hydrogen-bond donors (Lipinski definition) is 1. The minimum absolute atomic E-state index is 0.477. The van der Waals surface area contributed by atoms with Crippen LogP contribution in [0, 0.1) is 0 Å². The molecule has 98 valence electrons. The third kappa shape index (κ3) is 2.98. The summed E-state index contributed by atoms with van der Waals surface area (Å²) < 4.78 is 11.1. The molecule has 0 fully saturated rings. The Morgan fingerprint density at radius 2 is 2.06 bits per heavy atom. The average Bonchev–Trinajstić information content (AvgIpc) is 2.53. The molecule has 1 aliphatic rings. The molecule has 1 unspecified atom stereocenters. The first-order chi connectivity index (χ1) is 8.58. The third-order valence-corrected chi connectivity index (χ3v) is 2.94. The van der Waals surface area contributed by atoms with Gasteiger partial charge in [0.15, 0.2) is 11.5 Å². The maximum Gasteiger partial charge on any atom is 0.179 e. The van der Waals surface area contributed by atoms with Crippen molar-refractivity contribution in [2.45, 2.75) is 26.4 Å². The van der Waals surface area contributed by atoms with Gasteiger partial charge >= 0.3 is 0 Å². The Labute approximate surface area is 112 Å². The van der Waals surface area contributed by atoms with E-state index in [0.29, 0.717) is 35.3 Å². The van der Waals surface area contributed by atoms with E-state index in [1.54, 1.807) is 18.2 Å². The van der Waals surface area contributed by atoms with Gasteiger partial charge in [-0.2, -0.15) is 0 Å². The Balaban J connectivity index is 2.37. The lowest BCUT2D eigenvalue weighted by Gasteiger charge is -2.13. The van der Waals surface area contributed by atoms with E-state index in [1.165, 1.54) is 0 Å². The SMILES string of the molecule is CC(C)=CC(O)c1cc(Cl)c2c(c1)OCCCO2. The first-order valence-electron chi connectivity index (χ1n) is 6.00. The van der Waals surface area contributed by atoms with Crippen LogP contribution in [0.5, 0.6) is 11.5 Å². The number of benzene rings is 1. The van der Waals surface area contributed by atoms with Gasteiger partial charge in [-0.1, -0.05) is 23.3 Å². The summed E-state index contributed by atoms with van der Waals surface area (Å²) in [5.74, 6) is 1.18. The molecule has 2 rings (SSSR count). The van der Waals surface area contributed by atoms with E-state index in [2.05, 4.69) is 0 Å². The molecule has 0 bridgehead atoms. The van der Waals surface area contributed by atoms with Crippen LogP contribution in [0.4, 0.5) is 0 Å². The molecule has 0 spiro atoms. The van der Waals surface area contributed by atoms with Crippen LogP contribution in [0.2, 0.25) is 5.02 Å². The van der Waals surface area contributed by atoms with E-state index in [1.807, 2.05) is 13.8 Å². The molecule has 0 aromatic heterocycles. The molecule has 1 heterocycles. The highest BCUT2D eigenvalue weighted by Crippen LogP contribution is 2.39. The second-order valence-electron chi connectivity index (χ2n) is 4.57. The summed E-state index contributed by atoms with van der Waals surface area (Å²) in [7, 11) is 0. The molecule has 0 amide bonds. The molecule has 1 N–H and O–H groups in total. The predicted molar refractivity (Wildman–Crippen MR) is 71.4 cm³/mol. The number of fused-ring (bicyclic) bond motifs is 1. The molecular formula is C14H17ClO3. The molecular weight excluding hydrogens is 252 g/mol. The zero-order chi connectivity index (χ0) is 13.1. The van der Waals surface area contributed by atoms with Crippen molar-refractivity contribution >= 4 is 11.6 Å². The lowest BCUT2D eigenvalue weighted by molar-refractivity contribution is 0.226. The monoisotopic (exact) mass is 268 g/mol. The van der Waals surface area contributed by atoms with Gasteiger partial charge in [0, 0.05) is 6.42 Å². The van der Waals surface area contributed by atoms with Crippen molar-refractivity contribution in [1.29, 1.82) is 0 Å². The van der Waals surface area contributed by atoms with Crippen LogP contribution < -0.4 is 9.47 Å². The largest absolute Gasteiger partial charge is 0.489 e. The molecule has 0 saturated carbocycles. The molecule has 4 heteroatoms. The molecule has 0 radical (unpaired) electrons. The quantitative estimate of drug-likeness (QED) is 0.835. The molecule has 18 heavy (non-hydrogen) atoms. The van der Waals surface area contributed by atoms with Crippen LogP contribution in [-0.4, -0.2) is 18.3 Å². The maximum atomic E-state index is 10.1. The minimum atomic E-state index is -0.676. The van der Waals surface area contributed by atoms with Gasteiger partial charge in [-0.25, -0.2) is 0 Å². The van der Waals surface area contributed by atoms with E-state index >= 15 is 0 Å². The summed E-state index contributed by atoms with van der Waals surface area (Å²) >= 11 is 6.16. The predicted octanol–water partition coefficient (Wildman–Crippen LogP) is 3.50. The molecule has 1 aromatic rings. The number of allylic oxidation sites excluding steroid dienone is 1. The van der Waals surface area contributed by atoms with E-state index in [4.69, 9.17) is 21.1 Å². The number of halogens is 1. The van der Waals surface area contributed by atoms with Crippen molar-refractivity contribution in [2.24, 2.45) is 0 Å². The lowest BCUT2D eigenvalue weighted by atomic mass is 10.1. The summed E-state index contributed by atoms with van der Waals surface area (Å²) in [6, 6.07) is 3.51. The van der Waals surface area contributed by atoms with Crippen molar-refractivity contribution in [3.63, 3.8) is 0 Å². The average molecular weight is 269 g/mol. The van der Waals surface area contributed by atoms with Crippen molar-refractivity contribution < 1.29 is 14.6 Å². The van der Waals surface area contributed by atoms with Gasteiger partial charge in [-0.05, 0) is 31.5 Å². The number of aliphatic hydroxyl groups is 1. The van der Waals surface area contributed by atoms with Crippen molar-refractivity contribution in [2.75, 3.05) is 13.2 Å². The summed E-state index contributed by atoms with van der Waals surface area (Å²) in [4.78, 5) is 0. The Morgan fingerprint density at radius 1 is 1.33 bits per heavy atom. The number of hydrogen-bond acceptors (Lipinski definition) is 3. The molecule has 1 atom stereocenters. The van der Waals surface area contributed by atoms with Crippen LogP contribution in [0.3, 0.4) is 0 Å². The van der Waals surface area contributed by atoms with Gasteiger partial charge in [0.1, 0.15) is 0 Å². The van der Waals surface area contributed by atoms with E-state index in [0.717, 1.165) is 12.0 Å². The number of rotatable bonds is 2. The fourth-order valence-corrected chi connectivity index (χ4v) is 2.11. The van der Waals surface area contributed by atoms with Gasteiger partial charge in [0.2, 0.25) is 0 Å². The highest BCUT2D eigenvalue weighted by Gasteiger charge is 2.17. The van der Waals surface area contributed by atoms with Crippen molar-refractivity contribution in [1.82, 2.24) is 0 Å². The minimum Gasteiger partial charge on any atom is -0.489 e. The van der Waals surface area contributed by atoms with Crippen LogP contribution in [0.15, 0.2) is 23.8 Å². The van der Waals surface area contributed by atoms with Crippen molar-refractivity contribution in [3.8, 4) is 11.5 Å². The first kappa shape index (κ1) is 13.2. The fourth-order valence-electron chi connectivity index (χ4n) is 1.83. The van der Waals surface area contributed by atoms with Gasteiger partial charge in [-0.3, -0.25) is 0 Å². The topological polar surface area (TPSA) is 38.7 Å². The lowest BCUT2D eigenvalue weighted by Crippen LogP contribution is -1.98. The van der Waals surface area contributed by atoms with Gasteiger partial charge in [0.05, 0.1) is 24.3 Å². The molecule has 0 aliphatic carbocycles. The second-order valence-corrected chi connectivity index (χ2v) is 4.98. The van der Waals surface area contributed by atoms with E-state index in [-0.39, 0.29) is 0 Å². The van der Waals surface area contributed by atoms with E-state index < -0.39 is 6.10 Å². The zero-order valence-electron chi connectivity index (χ0n) is 10.6. The molecule has 1 aromatic carbocycles. The number of ether oxygens (including phenoxy) is 2. The van der Waals surface area contributed by atoms with Gasteiger partial charge in [-0.15, -0.1) is 0 Å².